The smallest absolute Gasteiger partial charge is 0.277 e. The number of barbiturate groups is 1. The van der Waals surface area contributed by atoms with Crippen LogP contribution in [-0.2, 0) is 16.1 Å². The third-order valence-corrected chi connectivity index (χ3v) is 3.57. The summed E-state index contributed by atoms with van der Waals surface area (Å²) in [5.74, 6) is -2.06. The minimum atomic E-state index is -0.984. The van der Waals surface area contributed by atoms with Crippen LogP contribution in [0.3, 0.4) is 0 Å². The molecule has 0 aromatic heterocycles. The Kier molecular flexibility index (Phi) is 3.70. The Morgan fingerprint density at radius 3 is 2.09 bits per heavy atom. The first-order valence-corrected chi connectivity index (χ1v) is 6.92. The van der Waals surface area contributed by atoms with Crippen LogP contribution < -0.4 is 5.32 Å². The Hall–Kier alpha value is -2.95. The summed E-state index contributed by atoms with van der Waals surface area (Å²) < 4.78 is 0. The van der Waals surface area contributed by atoms with Gasteiger partial charge in [0, 0.05) is 0 Å². The first-order valence-electron chi connectivity index (χ1n) is 6.92. The van der Waals surface area contributed by atoms with Crippen molar-refractivity contribution in [3.8, 4) is 0 Å². The molecule has 1 aliphatic heterocycles. The predicted molar refractivity (Wildman–Crippen MR) is 79.7 cm³/mol. The quantitative estimate of drug-likeness (QED) is 0.881. The summed E-state index contributed by atoms with van der Waals surface area (Å²) in [7, 11) is 0. The molecule has 1 saturated heterocycles. The molecule has 1 aliphatic rings. The van der Waals surface area contributed by atoms with Gasteiger partial charge in [-0.3, -0.25) is 19.8 Å². The maximum Gasteiger partial charge on any atom is 0.331 e. The number of hydrogen-bond donors (Lipinski definition) is 1. The summed E-state index contributed by atoms with van der Waals surface area (Å²) in [5.41, 5.74) is 1.41. The molecule has 1 N–H and O–H groups in total. The summed E-state index contributed by atoms with van der Waals surface area (Å²) in [4.78, 5) is 37.7. The van der Waals surface area contributed by atoms with E-state index in [1.54, 1.807) is 24.3 Å². The maximum absolute atomic E-state index is 12.6. The first-order chi connectivity index (χ1) is 10.7. The van der Waals surface area contributed by atoms with Crippen LogP contribution in [0.2, 0.25) is 0 Å². The molecule has 22 heavy (non-hydrogen) atoms. The molecular formula is C17H14N2O3. The number of nitrogens with zero attached hydrogens (tertiary/aromatic N) is 1. The van der Waals surface area contributed by atoms with E-state index in [2.05, 4.69) is 5.32 Å². The summed E-state index contributed by atoms with van der Waals surface area (Å²) in [6, 6.07) is 17.2. The minimum Gasteiger partial charge on any atom is -0.277 e. The van der Waals surface area contributed by atoms with E-state index >= 15 is 0 Å². The molecule has 0 saturated carbocycles. The first kappa shape index (κ1) is 14.0. The van der Waals surface area contributed by atoms with Crippen molar-refractivity contribution in [2.75, 3.05) is 0 Å². The van der Waals surface area contributed by atoms with E-state index < -0.39 is 23.8 Å². The van der Waals surface area contributed by atoms with Gasteiger partial charge in [0.05, 0.1) is 6.54 Å². The highest BCUT2D eigenvalue weighted by Crippen LogP contribution is 2.23. The zero-order chi connectivity index (χ0) is 15.5. The van der Waals surface area contributed by atoms with E-state index in [-0.39, 0.29) is 6.54 Å². The number of amides is 4. The number of benzene rings is 2. The fourth-order valence-corrected chi connectivity index (χ4v) is 2.47. The lowest BCUT2D eigenvalue weighted by Gasteiger charge is -2.30. The van der Waals surface area contributed by atoms with Crippen molar-refractivity contribution >= 4 is 17.8 Å². The van der Waals surface area contributed by atoms with Gasteiger partial charge in [0.25, 0.3) is 0 Å². The van der Waals surface area contributed by atoms with Crippen molar-refractivity contribution in [3.63, 3.8) is 0 Å². The number of rotatable bonds is 3. The largest absolute Gasteiger partial charge is 0.331 e. The van der Waals surface area contributed by atoms with Crippen molar-refractivity contribution in [2.45, 2.75) is 12.5 Å². The van der Waals surface area contributed by atoms with E-state index in [0.717, 1.165) is 10.5 Å². The monoisotopic (exact) mass is 294 g/mol. The second kappa shape index (κ2) is 5.81. The third-order valence-electron chi connectivity index (χ3n) is 3.57. The summed E-state index contributed by atoms with van der Waals surface area (Å²) in [5, 5.41) is 2.26. The van der Waals surface area contributed by atoms with Crippen LogP contribution in [0.15, 0.2) is 60.7 Å². The van der Waals surface area contributed by atoms with Crippen LogP contribution in [0.25, 0.3) is 0 Å². The van der Waals surface area contributed by atoms with Crippen LogP contribution in [0, 0.1) is 0 Å². The molecule has 0 radical (unpaired) electrons. The fraction of sp³-hybridized carbons (Fsp3) is 0.118. The molecule has 2 aromatic rings. The minimum absolute atomic E-state index is 0.141. The Balaban J connectivity index is 1.89. The molecule has 3 rings (SSSR count). The molecule has 1 heterocycles. The van der Waals surface area contributed by atoms with Crippen LogP contribution >= 0.6 is 0 Å². The Bertz CT molecular complexity index is 713. The zero-order valence-corrected chi connectivity index (χ0v) is 11.7. The second-order valence-electron chi connectivity index (χ2n) is 5.05. The molecule has 0 aliphatic carbocycles. The van der Waals surface area contributed by atoms with Gasteiger partial charge in [-0.05, 0) is 11.1 Å². The van der Waals surface area contributed by atoms with Gasteiger partial charge >= 0.3 is 6.03 Å². The van der Waals surface area contributed by atoms with E-state index in [0.29, 0.717) is 5.56 Å². The van der Waals surface area contributed by atoms with Crippen molar-refractivity contribution in [1.82, 2.24) is 10.2 Å². The molecule has 0 bridgehead atoms. The molecule has 0 unspecified atom stereocenters. The lowest BCUT2D eigenvalue weighted by Crippen LogP contribution is -2.56. The van der Waals surface area contributed by atoms with Gasteiger partial charge in [-0.2, -0.15) is 0 Å². The lowest BCUT2D eigenvalue weighted by molar-refractivity contribution is -0.139. The van der Waals surface area contributed by atoms with Crippen molar-refractivity contribution in [2.24, 2.45) is 0 Å². The number of hydrogen-bond acceptors (Lipinski definition) is 3. The standard InChI is InChI=1S/C17H14N2O3/c20-15-14(13-9-5-2-6-10-13)16(21)19(17(22)18-15)11-12-7-3-1-4-8-12/h1-10,14H,11H2,(H,18,20,22)/t14-/m1/s1. The van der Waals surface area contributed by atoms with Crippen molar-refractivity contribution in [1.29, 1.82) is 0 Å². The van der Waals surface area contributed by atoms with E-state index in [1.807, 2.05) is 36.4 Å². The van der Waals surface area contributed by atoms with Crippen molar-refractivity contribution in [3.05, 3.63) is 71.8 Å². The summed E-state index contributed by atoms with van der Waals surface area (Å²) in [6.07, 6.45) is 0. The molecule has 0 spiro atoms. The molecular weight excluding hydrogens is 280 g/mol. The molecule has 110 valence electrons. The zero-order valence-electron chi connectivity index (χ0n) is 11.7. The van der Waals surface area contributed by atoms with Gasteiger partial charge in [0.2, 0.25) is 11.8 Å². The van der Waals surface area contributed by atoms with Gasteiger partial charge in [0.15, 0.2) is 0 Å². The maximum atomic E-state index is 12.6. The molecule has 4 amide bonds. The van der Waals surface area contributed by atoms with Crippen molar-refractivity contribution < 1.29 is 14.4 Å². The second-order valence-corrected chi connectivity index (χ2v) is 5.05. The number of urea groups is 1. The van der Waals surface area contributed by atoms with Gasteiger partial charge in [-0.25, -0.2) is 4.79 Å². The van der Waals surface area contributed by atoms with Crippen LogP contribution in [0.5, 0.6) is 0 Å². The number of nitrogens with one attached hydrogen (secondary N) is 1. The molecule has 1 fully saturated rings. The van der Waals surface area contributed by atoms with Crippen LogP contribution in [-0.4, -0.2) is 22.7 Å². The average Bonchev–Trinajstić information content (AvgIpc) is 2.53. The summed E-state index contributed by atoms with van der Waals surface area (Å²) in [6.45, 7) is 0.141. The van der Waals surface area contributed by atoms with Gasteiger partial charge in [-0.1, -0.05) is 60.7 Å². The van der Waals surface area contributed by atoms with Gasteiger partial charge in [0.1, 0.15) is 5.92 Å². The number of carbonyl (C=O) groups excluding carboxylic acids is 3. The molecule has 5 nitrogen and oxygen atoms in total. The predicted octanol–water partition coefficient (Wildman–Crippen LogP) is 2.05. The van der Waals surface area contributed by atoms with Gasteiger partial charge < -0.3 is 0 Å². The van der Waals surface area contributed by atoms with E-state index in [9.17, 15) is 14.4 Å². The molecule has 1 atom stereocenters. The topological polar surface area (TPSA) is 66.5 Å². The molecule has 5 heteroatoms. The third kappa shape index (κ3) is 2.61. The lowest BCUT2D eigenvalue weighted by atomic mass is 9.95. The molecule has 2 aromatic carbocycles. The highest BCUT2D eigenvalue weighted by atomic mass is 16.2. The van der Waals surface area contributed by atoms with E-state index in [4.69, 9.17) is 0 Å². The van der Waals surface area contributed by atoms with E-state index in [1.165, 1.54) is 0 Å². The fourth-order valence-electron chi connectivity index (χ4n) is 2.47. The highest BCUT2D eigenvalue weighted by Gasteiger charge is 2.41. The Morgan fingerprint density at radius 2 is 1.45 bits per heavy atom. The van der Waals surface area contributed by atoms with Gasteiger partial charge in [-0.15, -0.1) is 0 Å². The Labute approximate surface area is 127 Å². The van der Waals surface area contributed by atoms with Crippen LogP contribution in [0.1, 0.15) is 17.0 Å². The highest BCUT2D eigenvalue weighted by molar-refractivity contribution is 6.19. The SMILES string of the molecule is O=C1NC(=O)N(Cc2ccccc2)C(=O)[C@@H]1c1ccccc1. The average molecular weight is 294 g/mol. The van der Waals surface area contributed by atoms with Crippen LogP contribution in [0.4, 0.5) is 4.79 Å². The number of carbonyl (C=O) groups is 3. The number of imide groups is 2. The summed E-state index contributed by atoms with van der Waals surface area (Å²) >= 11 is 0. The Morgan fingerprint density at radius 1 is 0.864 bits per heavy atom. The normalized spacial score (nSPS) is 18.3.